The average Bonchev–Trinajstić information content (AvgIpc) is 2.36. The fourth-order valence-electron chi connectivity index (χ4n) is 2.28. The molecule has 0 radical (unpaired) electrons. The minimum absolute atomic E-state index is 0.0399. The quantitative estimate of drug-likeness (QED) is 0.661. The minimum atomic E-state index is -0.546. The van der Waals surface area contributed by atoms with Gasteiger partial charge < -0.3 is 10.5 Å². The molecule has 1 saturated carbocycles. The Morgan fingerprint density at radius 3 is 2.63 bits per heavy atom. The summed E-state index contributed by atoms with van der Waals surface area (Å²) in [6.45, 7) is 2.20. The van der Waals surface area contributed by atoms with Crippen LogP contribution in [-0.4, -0.2) is 12.1 Å². The third-order valence-corrected chi connectivity index (χ3v) is 4.20. The Bertz CT molecular complexity index is 485. The summed E-state index contributed by atoms with van der Waals surface area (Å²) in [6.07, 6.45) is 3.89. The largest absolute Gasteiger partial charge is 0.459 e. The third kappa shape index (κ3) is 3.47. The van der Waals surface area contributed by atoms with E-state index in [1.165, 1.54) is 12.1 Å². The molecular weight excluding hydrogens is 313 g/mol. The van der Waals surface area contributed by atoms with Crippen molar-refractivity contribution in [3.8, 4) is 0 Å². The molecule has 3 nitrogen and oxygen atoms in total. The standard InChI is InChI=1S/C14H17BrFNO2/c1-8-2-4-9(5-3-8)19-14(18)10-6-13(17)12(16)7-11(10)15/h6-9H,2-5,17H2,1H3. The lowest BCUT2D eigenvalue weighted by Gasteiger charge is -2.26. The molecule has 0 saturated heterocycles. The van der Waals surface area contributed by atoms with E-state index in [0.29, 0.717) is 10.4 Å². The fraction of sp³-hybridized carbons (Fsp3) is 0.500. The Labute approximate surface area is 120 Å². The van der Waals surface area contributed by atoms with Crippen molar-refractivity contribution in [3.05, 3.63) is 28.0 Å². The van der Waals surface area contributed by atoms with Crippen molar-refractivity contribution in [2.45, 2.75) is 38.7 Å². The summed E-state index contributed by atoms with van der Waals surface area (Å²) in [4.78, 5) is 12.0. The Morgan fingerprint density at radius 1 is 1.37 bits per heavy atom. The van der Waals surface area contributed by atoms with E-state index in [4.69, 9.17) is 10.5 Å². The summed E-state index contributed by atoms with van der Waals surface area (Å²) >= 11 is 3.16. The zero-order valence-corrected chi connectivity index (χ0v) is 12.4. The van der Waals surface area contributed by atoms with E-state index in [2.05, 4.69) is 22.9 Å². The maximum atomic E-state index is 13.2. The topological polar surface area (TPSA) is 52.3 Å². The number of carbonyl (C=O) groups excluding carboxylic acids is 1. The van der Waals surface area contributed by atoms with Crippen LogP contribution in [0, 0.1) is 11.7 Å². The number of ether oxygens (including phenoxy) is 1. The second-order valence-corrected chi connectivity index (χ2v) is 6.00. The summed E-state index contributed by atoms with van der Waals surface area (Å²) in [5.41, 5.74) is 5.70. The summed E-state index contributed by atoms with van der Waals surface area (Å²) in [5.74, 6) is -0.295. The molecule has 0 atom stereocenters. The number of esters is 1. The molecule has 2 rings (SSSR count). The van der Waals surface area contributed by atoms with E-state index in [9.17, 15) is 9.18 Å². The normalized spacial score (nSPS) is 23.1. The van der Waals surface area contributed by atoms with Crippen LogP contribution in [0.4, 0.5) is 10.1 Å². The van der Waals surface area contributed by atoms with Crippen molar-refractivity contribution in [2.24, 2.45) is 5.92 Å². The summed E-state index contributed by atoms with van der Waals surface area (Å²) < 4.78 is 19.0. The van der Waals surface area contributed by atoms with Crippen molar-refractivity contribution in [3.63, 3.8) is 0 Å². The number of carbonyl (C=O) groups is 1. The molecule has 1 aliphatic rings. The summed E-state index contributed by atoms with van der Waals surface area (Å²) in [6, 6.07) is 2.50. The summed E-state index contributed by atoms with van der Waals surface area (Å²) in [5, 5.41) is 0. The van der Waals surface area contributed by atoms with Crippen molar-refractivity contribution in [1.29, 1.82) is 0 Å². The summed E-state index contributed by atoms with van der Waals surface area (Å²) in [7, 11) is 0. The lowest BCUT2D eigenvalue weighted by Crippen LogP contribution is -2.24. The van der Waals surface area contributed by atoms with Crippen molar-refractivity contribution < 1.29 is 13.9 Å². The average molecular weight is 330 g/mol. The molecule has 0 aromatic heterocycles. The van der Waals surface area contributed by atoms with Gasteiger partial charge in [0.15, 0.2) is 0 Å². The Kier molecular flexibility index (Phi) is 4.45. The van der Waals surface area contributed by atoms with E-state index >= 15 is 0 Å². The second-order valence-electron chi connectivity index (χ2n) is 5.14. The van der Waals surface area contributed by atoms with Gasteiger partial charge in [-0.1, -0.05) is 6.92 Å². The Hall–Kier alpha value is -1.10. The number of nitrogens with two attached hydrogens (primary N) is 1. The molecule has 0 amide bonds. The van der Waals surface area contributed by atoms with Gasteiger partial charge in [-0.2, -0.15) is 0 Å². The van der Waals surface area contributed by atoms with Crippen molar-refractivity contribution in [1.82, 2.24) is 0 Å². The molecule has 2 N–H and O–H groups in total. The molecule has 0 aliphatic heterocycles. The molecule has 0 bridgehead atoms. The van der Waals surface area contributed by atoms with Crippen molar-refractivity contribution in [2.75, 3.05) is 5.73 Å². The highest BCUT2D eigenvalue weighted by molar-refractivity contribution is 9.10. The number of hydrogen-bond acceptors (Lipinski definition) is 3. The Morgan fingerprint density at radius 2 is 2.00 bits per heavy atom. The van der Waals surface area contributed by atoms with Gasteiger partial charge in [0.25, 0.3) is 0 Å². The zero-order chi connectivity index (χ0) is 14.0. The molecule has 19 heavy (non-hydrogen) atoms. The maximum absolute atomic E-state index is 13.2. The van der Waals surface area contributed by atoms with Crippen LogP contribution in [0.5, 0.6) is 0 Å². The second kappa shape index (κ2) is 5.90. The first-order valence-corrected chi connectivity index (χ1v) is 7.22. The highest BCUT2D eigenvalue weighted by Crippen LogP contribution is 2.28. The zero-order valence-electron chi connectivity index (χ0n) is 10.8. The van der Waals surface area contributed by atoms with E-state index < -0.39 is 11.8 Å². The van der Waals surface area contributed by atoms with Gasteiger partial charge in [0.2, 0.25) is 0 Å². The molecule has 0 unspecified atom stereocenters. The van der Waals surface area contributed by atoms with Crippen LogP contribution in [0.2, 0.25) is 0 Å². The first kappa shape index (κ1) is 14.3. The van der Waals surface area contributed by atoms with Gasteiger partial charge in [0, 0.05) is 4.47 Å². The number of benzene rings is 1. The number of rotatable bonds is 2. The van der Waals surface area contributed by atoms with Crippen LogP contribution in [0.3, 0.4) is 0 Å². The van der Waals surface area contributed by atoms with Crippen LogP contribution < -0.4 is 5.73 Å². The Balaban J connectivity index is 2.06. The molecule has 0 heterocycles. The third-order valence-electron chi connectivity index (χ3n) is 3.54. The van der Waals surface area contributed by atoms with E-state index in [1.54, 1.807) is 0 Å². The molecule has 1 aromatic carbocycles. The lowest BCUT2D eigenvalue weighted by atomic mass is 9.89. The monoisotopic (exact) mass is 329 g/mol. The van der Waals surface area contributed by atoms with E-state index in [0.717, 1.165) is 25.7 Å². The first-order valence-electron chi connectivity index (χ1n) is 6.43. The van der Waals surface area contributed by atoms with Gasteiger partial charge in [-0.05, 0) is 59.7 Å². The number of halogens is 2. The lowest BCUT2D eigenvalue weighted by molar-refractivity contribution is 0.0173. The van der Waals surface area contributed by atoms with Gasteiger partial charge in [-0.15, -0.1) is 0 Å². The first-order chi connectivity index (χ1) is 8.97. The molecule has 1 aliphatic carbocycles. The number of anilines is 1. The molecule has 1 aromatic rings. The van der Waals surface area contributed by atoms with Crippen LogP contribution in [0.1, 0.15) is 43.0 Å². The van der Waals surface area contributed by atoms with Crippen molar-refractivity contribution >= 4 is 27.6 Å². The molecule has 1 fully saturated rings. The number of nitrogen functional groups attached to an aromatic ring is 1. The molecule has 104 valence electrons. The van der Waals surface area contributed by atoms with Crippen LogP contribution >= 0.6 is 15.9 Å². The van der Waals surface area contributed by atoms with Crippen LogP contribution in [0.25, 0.3) is 0 Å². The molecule has 5 heteroatoms. The van der Waals surface area contributed by atoms with Crippen LogP contribution in [-0.2, 0) is 4.74 Å². The van der Waals surface area contributed by atoms with Crippen LogP contribution in [0.15, 0.2) is 16.6 Å². The maximum Gasteiger partial charge on any atom is 0.339 e. The van der Waals surface area contributed by atoms with E-state index in [-0.39, 0.29) is 17.4 Å². The highest BCUT2D eigenvalue weighted by Gasteiger charge is 2.23. The predicted octanol–water partition coefficient (Wildman–Crippen LogP) is 3.91. The van der Waals surface area contributed by atoms with Gasteiger partial charge in [-0.3, -0.25) is 0 Å². The van der Waals surface area contributed by atoms with E-state index in [1.807, 2.05) is 0 Å². The highest BCUT2D eigenvalue weighted by atomic mass is 79.9. The van der Waals surface area contributed by atoms with Gasteiger partial charge in [0.05, 0.1) is 11.3 Å². The molecule has 0 spiro atoms. The SMILES string of the molecule is CC1CCC(OC(=O)c2cc(N)c(F)cc2Br)CC1. The fourth-order valence-corrected chi connectivity index (χ4v) is 2.76. The molecular formula is C14H17BrFNO2. The van der Waals surface area contributed by atoms with Gasteiger partial charge in [-0.25, -0.2) is 9.18 Å². The van der Waals surface area contributed by atoms with Gasteiger partial charge >= 0.3 is 5.97 Å². The minimum Gasteiger partial charge on any atom is -0.459 e. The smallest absolute Gasteiger partial charge is 0.339 e. The van der Waals surface area contributed by atoms with Gasteiger partial charge in [0.1, 0.15) is 11.9 Å². The predicted molar refractivity (Wildman–Crippen MR) is 75.3 cm³/mol. The number of hydrogen-bond donors (Lipinski definition) is 1.